The minimum Gasteiger partial charge on any atom is -0.497 e. The van der Waals surface area contributed by atoms with Gasteiger partial charge in [-0.05, 0) is 81.3 Å². The minimum atomic E-state index is -4.14. The molecule has 0 fully saturated rings. The van der Waals surface area contributed by atoms with Crippen molar-refractivity contribution < 1.29 is 27.5 Å². The molecule has 0 saturated heterocycles. The number of aromatic nitrogens is 1. The Morgan fingerprint density at radius 3 is 2.56 bits per heavy atom. The predicted molar refractivity (Wildman–Crippen MR) is 172 cm³/mol. The first-order valence-corrected chi connectivity index (χ1v) is 16.4. The van der Waals surface area contributed by atoms with E-state index in [2.05, 4.69) is 16.1 Å². The molecule has 4 rings (SSSR count). The second kappa shape index (κ2) is 14.1. The van der Waals surface area contributed by atoms with E-state index in [-0.39, 0.29) is 30.0 Å². The third-order valence-corrected chi connectivity index (χ3v) is 9.16. The molecule has 1 heterocycles. The van der Waals surface area contributed by atoms with Gasteiger partial charge in [0.05, 0.1) is 39.9 Å². The smallest absolute Gasteiger partial charge is 0.407 e. The molecule has 0 spiro atoms. The number of carbonyl (C=O) groups is 2. The van der Waals surface area contributed by atoms with E-state index >= 15 is 0 Å². The molecule has 4 aromatic rings. The van der Waals surface area contributed by atoms with Gasteiger partial charge in [0.2, 0.25) is 10.0 Å². The largest absolute Gasteiger partial charge is 0.497 e. The summed E-state index contributed by atoms with van der Waals surface area (Å²) in [6, 6.07) is 19.5. The van der Waals surface area contributed by atoms with Crippen molar-refractivity contribution in [1.29, 1.82) is 5.26 Å². The molecule has 2 N–H and O–H groups in total. The summed E-state index contributed by atoms with van der Waals surface area (Å²) in [5, 5.41) is 12.5. The van der Waals surface area contributed by atoms with Crippen LogP contribution in [-0.4, -0.2) is 63.2 Å². The Bertz CT molecular complexity index is 1840. The third kappa shape index (κ3) is 9.01. The Kier molecular flexibility index (Phi) is 10.4. The topological polar surface area (TPSA) is 151 Å². The number of likely N-dealkylation sites (N-methyl/N-ethyl adjacent to an activating group) is 1. The van der Waals surface area contributed by atoms with Gasteiger partial charge in [0.1, 0.15) is 16.4 Å². The Balaban J connectivity index is 1.55. The van der Waals surface area contributed by atoms with Crippen LogP contribution in [0.15, 0.2) is 71.6 Å². The molecular formula is C32H35N5O6S2. The average Bonchev–Trinajstić information content (AvgIpc) is 3.43. The van der Waals surface area contributed by atoms with E-state index < -0.39 is 33.7 Å². The van der Waals surface area contributed by atoms with Crippen LogP contribution in [0, 0.1) is 11.3 Å². The summed E-state index contributed by atoms with van der Waals surface area (Å²) in [7, 11) is -1.01. The van der Waals surface area contributed by atoms with Crippen molar-refractivity contribution in [2.24, 2.45) is 0 Å². The number of hydrogen-bond donors (Lipinski definition) is 2. The molecule has 0 aliphatic carbocycles. The van der Waals surface area contributed by atoms with Crippen LogP contribution in [0.25, 0.3) is 10.2 Å². The van der Waals surface area contributed by atoms with Gasteiger partial charge in [-0.25, -0.2) is 22.9 Å². The van der Waals surface area contributed by atoms with E-state index in [0.717, 1.165) is 10.3 Å². The molecule has 236 valence electrons. The molecule has 0 aliphatic rings. The lowest BCUT2D eigenvalue weighted by atomic mass is 10.0. The summed E-state index contributed by atoms with van der Waals surface area (Å²) in [5.41, 5.74) is 1.43. The number of carbonyl (C=O) groups excluding carboxylic acids is 2. The number of rotatable bonds is 11. The van der Waals surface area contributed by atoms with Crippen molar-refractivity contribution in [3.05, 3.63) is 88.4 Å². The number of nitrogens with zero attached hydrogens (tertiary/aromatic N) is 3. The van der Waals surface area contributed by atoms with Crippen molar-refractivity contribution in [3.63, 3.8) is 0 Å². The van der Waals surface area contributed by atoms with Gasteiger partial charge in [-0.2, -0.15) is 5.26 Å². The van der Waals surface area contributed by atoms with Crippen LogP contribution >= 0.6 is 11.3 Å². The van der Waals surface area contributed by atoms with Gasteiger partial charge in [0, 0.05) is 25.7 Å². The number of thiazole rings is 1. The highest BCUT2D eigenvalue weighted by Gasteiger charge is 2.26. The molecule has 11 nitrogen and oxygen atoms in total. The maximum atomic E-state index is 13.8. The van der Waals surface area contributed by atoms with E-state index in [9.17, 15) is 23.3 Å². The summed E-state index contributed by atoms with van der Waals surface area (Å²) in [6.07, 6.45) is -0.360. The molecular weight excluding hydrogens is 615 g/mol. The van der Waals surface area contributed by atoms with Crippen LogP contribution in [-0.2, 0) is 21.2 Å². The van der Waals surface area contributed by atoms with E-state index in [1.165, 1.54) is 40.5 Å². The summed E-state index contributed by atoms with van der Waals surface area (Å²) >= 11 is 1.34. The number of nitrogens with one attached hydrogen (secondary N) is 2. The molecule has 0 bridgehead atoms. The fourth-order valence-electron chi connectivity index (χ4n) is 4.40. The fourth-order valence-corrected chi connectivity index (χ4v) is 6.76. The van der Waals surface area contributed by atoms with Gasteiger partial charge in [0.15, 0.2) is 0 Å². The highest BCUT2D eigenvalue weighted by atomic mass is 32.2. The number of hydrogen-bond acceptors (Lipinski definition) is 9. The number of benzene rings is 3. The third-order valence-electron chi connectivity index (χ3n) is 6.56. The Hall–Kier alpha value is -4.51. The van der Waals surface area contributed by atoms with Gasteiger partial charge in [-0.3, -0.25) is 4.79 Å². The zero-order valence-corrected chi connectivity index (χ0v) is 27.3. The monoisotopic (exact) mass is 649 g/mol. The zero-order chi connectivity index (χ0) is 32.8. The van der Waals surface area contributed by atoms with Gasteiger partial charge in [-0.15, -0.1) is 11.3 Å². The molecule has 1 unspecified atom stereocenters. The van der Waals surface area contributed by atoms with Gasteiger partial charge in [-0.1, -0.05) is 18.2 Å². The van der Waals surface area contributed by atoms with Gasteiger partial charge < -0.3 is 19.7 Å². The average molecular weight is 650 g/mol. The zero-order valence-electron chi connectivity index (χ0n) is 25.7. The van der Waals surface area contributed by atoms with Crippen molar-refractivity contribution in [1.82, 2.24) is 19.9 Å². The predicted octanol–water partition coefficient (Wildman–Crippen LogP) is 5.04. The van der Waals surface area contributed by atoms with Crippen LogP contribution < -0.4 is 14.8 Å². The number of methoxy groups -OCH3 is 1. The molecule has 0 saturated carbocycles. The molecule has 1 aromatic heterocycles. The molecule has 13 heteroatoms. The molecule has 3 aromatic carbocycles. The summed E-state index contributed by atoms with van der Waals surface area (Å²) in [5.74, 6) is 0.242. The number of alkyl carbamates (subject to hydrolysis) is 1. The van der Waals surface area contributed by atoms with Gasteiger partial charge in [0.25, 0.3) is 5.91 Å². The molecule has 0 aliphatic heterocycles. The maximum Gasteiger partial charge on any atom is 0.407 e. The highest BCUT2D eigenvalue weighted by Crippen LogP contribution is 2.32. The van der Waals surface area contributed by atoms with Crippen LogP contribution in [0.3, 0.4) is 0 Å². The first kappa shape index (κ1) is 33.4. The Morgan fingerprint density at radius 1 is 1.09 bits per heavy atom. The number of fused-ring (bicyclic) bond motifs is 1. The second-order valence-corrected chi connectivity index (χ2v) is 14.0. The minimum absolute atomic E-state index is 0.0906. The maximum absolute atomic E-state index is 13.8. The van der Waals surface area contributed by atoms with Crippen LogP contribution in [0.1, 0.15) is 53.3 Å². The Labute approximate surface area is 266 Å². The number of sulfonamides is 1. The van der Waals surface area contributed by atoms with Crippen molar-refractivity contribution >= 4 is 43.6 Å². The highest BCUT2D eigenvalue weighted by molar-refractivity contribution is 7.89. The lowest BCUT2D eigenvalue weighted by Gasteiger charge is -2.21. The summed E-state index contributed by atoms with van der Waals surface area (Å²) in [6.45, 7) is 5.59. The molecule has 0 radical (unpaired) electrons. The van der Waals surface area contributed by atoms with E-state index in [1.807, 2.05) is 18.2 Å². The SMILES string of the molecule is COc1ccc2nc(C(Cc3cccc(C#N)c3)NS(=O)(=O)c3cccc(C(=O)N(C)CCNC(=O)OC(C)(C)C)c3)sc2c1. The van der Waals surface area contributed by atoms with E-state index in [0.29, 0.717) is 21.8 Å². The summed E-state index contributed by atoms with van der Waals surface area (Å²) in [4.78, 5) is 31.1. The number of amides is 2. The Morgan fingerprint density at radius 2 is 1.84 bits per heavy atom. The molecule has 45 heavy (non-hydrogen) atoms. The first-order valence-electron chi connectivity index (χ1n) is 14.1. The van der Waals surface area contributed by atoms with Gasteiger partial charge >= 0.3 is 6.09 Å². The second-order valence-electron chi connectivity index (χ2n) is 11.3. The summed E-state index contributed by atoms with van der Waals surface area (Å²) < 4.78 is 41.7. The van der Waals surface area contributed by atoms with E-state index in [4.69, 9.17) is 14.5 Å². The van der Waals surface area contributed by atoms with Crippen molar-refractivity contribution in [2.45, 2.75) is 43.7 Å². The van der Waals surface area contributed by atoms with Crippen molar-refractivity contribution in [2.75, 3.05) is 27.2 Å². The van der Waals surface area contributed by atoms with Crippen LogP contribution in [0.2, 0.25) is 0 Å². The number of ether oxygens (including phenoxy) is 2. The van der Waals surface area contributed by atoms with E-state index in [1.54, 1.807) is 59.2 Å². The van der Waals surface area contributed by atoms with Crippen LogP contribution in [0.5, 0.6) is 5.75 Å². The lowest BCUT2D eigenvalue weighted by molar-refractivity contribution is 0.0517. The fraction of sp³-hybridized carbons (Fsp3) is 0.312. The lowest BCUT2D eigenvalue weighted by Crippen LogP contribution is -2.38. The van der Waals surface area contributed by atoms with Crippen molar-refractivity contribution in [3.8, 4) is 11.8 Å². The molecule has 2 amide bonds. The standard InChI is InChI=1S/C32H35N5O6S2/c1-32(2,3)43-31(39)34-14-15-37(4)30(38)23-10-7-11-25(18-23)45(40,41)36-27(17-21-8-6-9-22(16-21)20-33)29-35-26-13-12-24(42-5)19-28(26)44-29/h6-13,16,18-19,27,36H,14-15,17H2,1-5H3,(H,34,39). The normalized spacial score (nSPS) is 12.3. The molecule has 1 atom stereocenters. The number of nitriles is 1. The van der Waals surface area contributed by atoms with Crippen LogP contribution in [0.4, 0.5) is 4.79 Å². The first-order chi connectivity index (χ1) is 21.3. The quantitative estimate of drug-likeness (QED) is 0.230.